The molecule has 0 heterocycles. The smallest absolute Gasteiger partial charge is 0.130 e. The zero-order valence-electron chi connectivity index (χ0n) is 10.9. The zero-order valence-corrected chi connectivity index (χ0v) is 10.9. The Morgan fingerprint density at radius 1 is 0.889 bits per heavy atom. The molecule has 0 aliphatic rings. The highest BCUT2D eigenvalue weighted by Gasteiger charge is 2.09. The van der Waals surface area contributed by atoms with Gasteiger partial charge in [0.1, 0.15) is 11.5 Å². The molecule has 0 radical (unpaired) electrons. The van der Waals surface area contributed by atoms with E-state index in [2.05, 4.69) is 0 Å². The number of rotatable bonds is 3. The van der Waals surface area contributed by atoms with E-state index in [0.29, 0.717) is 0 Å². The van der Waals surface area contributed by atoms with Gasteiger partial charge in [-0.2, -0.15) is 0 Å². The molecule has 0 aliphatic carbocycles. The molecule has 0 saturated carbocycles. The molecule has 18 heavy (non-hydrogen) atoms. The van der Waals surface area contributed by atoms with Gasteiger partial charge < -0.3 is 15.2 Å². The molecule has 2 rings (SSSR count). The lowest BCUT2D eigenvalue weighted by molar-refractivity contribution is 0.395. The van der Waals surface area contributed by atoms with Crippen molar-refractivity contribution < 1.29 is 9.47 Å². The number of hydrogen-bond acceptors (Lipinski definition) is 3. The van der Waals surface area contributed by atoms with Gasteiger partial charge in [0.2, 0.25) is 0 Å². The van der Waals surface area contributed by atoms with Gasteiger partial charge in [0, 0.05) is 17.3 Å². The summed E-state index contributed by atoms with van der Waals surface area (Å²) in [7, 11) is 3.30. The third kappa shape index (κ3) is 2.25. The number of aryl methyl sites for hydroxylation is 1. The van der Waals surface area contributed by atoms with Crippen LogP contribution >= 0.6 is 0 Å². The second kappa shape index (κ2) is 5.00. The van der Waals surface area contributed by atoms with Gasteiger partial charge in [-0.1, -0.05) is 6.07 Å². The number of ether oxygens (including phenoxy) is 2. The van der Waals surface area contributed by atoms with Gasteiger partial charge >= 0.3 is 0 Å². The van der Waals surface area contributed by atoms with Crippen LogP contribution in [0, 0.1) is 6.92 Å². The Hall–Kier alpha value is -2.16. The fourth-order valence-electron chi connectivity index (χ4n) is 2.01. The van der Waals surface area contributed by atoms with Gasteiger partial charge in [0.05, 0.1) is 14.2 Å². The molecule has 2 N–H and O–H groups in total. The maximum Gasteiger partial charge on any atom is 0.130 e. The van der Waals surface area contributed by atoms with Crippen LogP contribution in [0.4, 0.5) is 5.69 Å². The van der Waals surface area contributed by atoms with Crippen molar-refractivity contribution in [1.82, 2.24) is 0 Å². The third-order valence-corrected chi connectivity index (χ3v) is 2.95. The number of benzene rings is 2. The standard InChI is InChI=1S/C15H17NO2/c1-10-8-11(16)4-6-13(10)14-7-5-12(17-2)9-15(14)18-3/h4-9H,16H2,1-3H3. The molecule has 2 aromatic rings. The van der Waals surface area contributed by atoms with E-state index in [1.807, 2.05) is 43.3 Å². The van der Waals surface area contributed by atoms with E-state index in [1.165, 1.54) is 0 Å². The Morgan fingerprint density at radius 3 is 2.22 bits per heavy atom. The average Bonchev–Trinajstić information content (AvgIpc) is 2.38. The first-order valence-corrected chi connectivity index (χ1v) is 5.74. The van der Waals surface area contributed by atoms with Gasteiger partial charge in [-0.15, -0.1) is 0 Å². The zero-order chi connectivity index (χ0) is 13.1. The average molecular weight is 243 g/mol. The molecule has 3 heteroatoms. The van der Waals surface area contributed by atoms with Gasteiger partial charge in [-0.05, 0) is 42.3 Å². The summed E-state index contributed by atoms with van der Waals surface area (Å²) in [5, 5.41) is 0. The maximum absolute atomic E-state index is 5.77. The quantitative estimate of drug-likeness (QED) is 0.841. The van der Waals surface area contributed by atoms with Crippen LogP contribution in [0.5, 0.6) is 11.5 Å². The number of nitrogen functional groups attached to an aromatic ring is 1. The molecule has 3 nitrogen and oxygen atoms in total. The van der Waals surface area contributed by atoms with Crippen LogP contribution in [-0.2, 0) is 0 Å². The molecule has 0 bridgehead atoms. The summed E-state index contributed by atoms with van der Waals surface area (Å²) in [4.78, 5) is 0. The van der Waals surface area contributed by atoms with Crippen LogP contribution in [0.3, 0.4) is 0 Å². The summed E-state index contributed by atoms with van der Waals surface area (Å²) in [6.07, 6.45) is 0. The highest BCUT2D eigenvalue weighted by molar-refractivity contribution is 5.75. The highest BCUT2D eigenvalue weighted by Crippen LogP contribution is 2.35. The Balaban J connectivity index is 2.56. The second-order valence-corrected chi connectivity index (χ2v) is 4.14. The van der Waals surface area contributed by atoms with Gasteiger partial charge in [0.25, 0.3) is 0 Å². The molecule has 0 spiro atoms. The lowest BCUT2D eigenvalue weighted by Crippen LogP contribution is -1.93. The van der Waals surface area contributed by atoms with Crippen molar-refractivity contribution in [3.63, 3.8) is 0 Å². The van der Waals surface area contributed by atoms with Crippen LogP contribution in [0.15, 0.2) is 36.4 Å². The predicted octanol–water partition coefficient (Wildman–Crippen LogP) is 3.26. The molecule has 2 aromatic carbocycles. The minimum atomic E-state index is 0.767. The molecular formula is C15H17NO2. The van der Waals surface area contributed by atoms with Crippen molar-refractivity contribution in [2.75, 3.05) is 20.0 Å². The first-order valence-electron chi connectivity index (χ1n) is 5.74. The first kappa shape index (κ1) is 12.3. The van der Waals surface area contributed by atoms with Crippen molar-refractivity contribution in [3.8, 4) is 22.6 Å². The Morgan fingerprint density at radius 2 is 1.61 bits per heavy atom. The van der Waals surface area contributed by atoms with Crippen LogP contribution < -0.4 is 15.2 Å². The van der Waals surface area contributed by atoms with E-state index in [-0.39, 0.29) is 0 Å². The molecule has 0 unspecified atom stereocenters. The maximum atomic E-state index is 5.77. The van der Waals surface area contributed by atoms with Gasteiger partial charge in [-0.25, -0.2) is 0 Å². The molecular weight excluding hydrogens is 226 g/mol. The van der Waals surface area contributed by atoms with Crippen LogP contribution in [0.2, 0.25) is 0 Å². The molecule has 0 aromatic heterocycles. The lowest BCUT2D eigenvalue weighted by atomic mass is 9.99. The highest BCUT2D eigenvalue weighted by atomic mass is 16.5. The predicted molar refractivity (Wildman–Crippen MR) is 74.1 cm³/mol. The molecule has 0 amide bonds. The summed E-state index contributed by atoms with van der Waals surface area (Å²) < 4.78 is 10.6. The largest absolute Gasteiger partial charge is 0.497 e. The number of hydrogen-bond donors (Lipinski definition) is 1. The molecule has 0 aliphatic heterocycles. The van der Waals surface area contributed by atoms with Crippen molar-refractivity contribution in [2.24, 2.45) is 0 Å². The van der Waals surface area contributed by atoms with Gasteiger partial charge in [0.15, 0.2) is 0 Å². The van der Waals surface area contributed by atoms with E-state index >= 15 is 0 Å². The lowest BCUT2D eigenvalue weighted by Gasteiger charge is -2.13. The van der Waals surface area contributed by atoms with Crippen LogP contribution in [0.25, 0.3) is 11.1 Å². The number of methoxy groups -OCH3 is 2. The van der Waals surface area contributed by atoms with E-state index in [0.717, 1.165) is 33.9 Å². The van der Waals surface area contributed by atoms with Crippen molar-refractivity contribution in [1.29, 1.82) is 0 Å². The van der Waals surface area contributed by atoms with Crippen LogP contribution in [-0.4, -0.2) is 14.2 Å². The Kier molecular flexibility index (Phi) is 3.42. The number of anilines is 1. The van der Waals surface area contributed by atoms with E-state index in [1.54, 1.807) is 14.2 Å². The summed E-state index contributed by atoms with van der Waals surface area (Å²) in [5.74, 6) is 1.57. The summed E-state index contributed by atoms with van der Waals surface area (Å²) >= 11 is 0. The normalized spacial score (nSPS) is 10.2. The minimum Gasteiger partial charge on any atom is -0.497 e. The van der Waals surface area contributed by atoms with E-state index in [9.17, 15) is 0 Å². The van der Waals surface area contributed by atoms with Crippen LogP contribution in [0.1, 0.15) is 5.56 Å². The van der Waals surface area contributed by atoms with E-state index < -0.39 is 0 Å². The summed E-state index contributed by atoms with van der Waals surface area (Å²) in [6, 6.07) is 11.7. The fourth-order valence-corrected chi connectivity index (χ4v) is 2.01. The Labute approximate surface area is 107 Å². The topological polar surface area (TPSA) is 44.5 Å². The third-order valence-electron chi connectivity index (χ3n) is 2.95. The summed E-state index contributed by atoms with van der Waals surface area (Å²) in [6.45, 7) is 2.04. The Bertz CT molecular complexity index is 564. The van der Waals surface area contributed by atoms with Crippen molar-refractivity contribution in [3.05, 3.63) is 42.0 Å². The van der Waals surface area contributed by atoms with Gasteiger partial charge in [-0.3, -0.25) is 0 Å². The molecule has 0 fully saturated rings. The fraction of sp³-hybridized carbons (Fsp3) is 0.200. The minimum absolute atomic E-state index is 0.767. The SMILES string of the molecule is COc1ccc(-c2ccc(N)cc2C)c(OC)c1. The summed E-state index contributed by atoms with van der Waals surface area (Å²) in [5.41, 5.74) is 9.81. The number of nitrogens with two attached hydrogens (primary N) is 1. The van der Waals surface area contributed by atoms with Crippen molar-refractivity contribution >= 4 is 5.69 Å². The first-order chi connectivity index (χ1) is 8.65. The molecule has 0 saturated heterocycles. The second-order valence-electron chi connectivity index (χ2n) is 4.14. The monoisotopic (exact) mass is 243 g/mol. The van der Waals surface area contributed by atoms with Crippen molar-refractivity contribution in [2.45, 2.75) is 6.92 Å². The van der Waals surface area contributed by atoms with E-state index in [4.69, 9.17) is 15.2 Å². The molecule has 0 atom stereocenters. The molecule has 94 valence electrons.